The number of nitrogens with one attached hydrogen (secondary N) is 1. The molecule has 5 heteroatoms. The zero-order valence-corrected chi connectivity index (χ0v) is 7.83. The van der Waals surface area contributed by atoms with Crippen LogP contribution in [-0.4, -0.2) is 26.0 Å². The average Bonchev–Trinajstić information content (AvgIpc) is 2.56. The lowest BCUT2D eigenvalue weighted by Gasteiger charge is -1.97. The highest BCUT2D eigenvalue weighted by Gasteiger charge is 2.12. The molecular weight excluding hydrogens is 182 g/mol. The van der Waals surface area contributed by atoms with Crippen LogP contribution in [0.15, 0.2) is 6.20 Å². The number of rotatable bonds is 1. The maximum absolute atomic E-state index is 10.6. The molecule has 2 aromatic rings. The summed E-state index contributed by atoms with van der Waals surface area (Å²) in [7, 11) is 0. The van der Waals surface area contributed by atoms with Crippen LogP contribution < -0.4 is 0 Å². The fourth-order valence-electron chi connectivity index (χ4n) is 1.27. The lowest BCUT2D eigenvalue weighted by molar-refractivity contribution is 0.0685. The van der Waals surface area contributed by atoms with Gasteiger partial charge in [0, 0.05) is 6.20 Å². The smallest absolute Gasteiger partial charge is 0.371 e. The number of aromatic nitrogens is 3. The number of pyridine rings is 1. The Morgan fingerprint density at radius 3 is 2.86 bits per heavy atom. The van der Waals surface area contributed by atoms with E-state index in [0.717, 1.165) is 11.1 Å². The third-order valence-electron chi connectivity index (χ3n) is 2.23. The summed E-state index contributed by atoms with van der Waals surface area (Å²) >= 11 is 0. The molecular formula is C9H9N3O2. The van der Waals surface area contributed by atoms with E-state index in [9.17, 15) is 4.79 Å². The van der Waals surface area contributed by atoms with Gasteiger partial charge in [-0.3, -0.25) is 0 Å². The van der Waals surface area contributed by atoms with Crippen molar-refractivity contribution in [1.29, 1.82) is 0 Å². The number of imidazole rings is 1. The Balaban J connectivity index is 2.77. The van der Waals surface area contributed by atoms with Crippen molar-refractivity contribution in [3.8, 4) is 0 Å². The molecule has 14 heavy (non-hydrogen) atoms. The molecule has 0 bridgehead atoms. The zero-order valence-electron chi connectivity index (χ0n) is 7.83. The van der Waals surface area contributed by atoms with E-state index in [2.05, 4.69) is 15.0 Å². The average molecular weight is 191 g/mol. The van der Waals surface area contributed by atoms with Crippen LogP contribution in [0.25, 0.3) is 11.2 Å². The molecule has 0 aromatic carbocycles. The Morgan fingerprint density at radius 1 is 1.50 bits per heavy atom. The molecule has 0 unspecified atom stereocenters. The van der Waals surface area contributed by atoms with Crippen molar-refractivity contribution in [2.75, 3.05) is 0 Å². The van der Waals surface area contributed by atoms with E-state index in [0.29, 0.717) is 11.2 Å². The number of hydrogen-bond donors (Lipinski definition) is 2. The van der Waals surface area contributed by atoms with Crippen molar-refractivity contribution in [3.05, 3.63) is 23.1 Å². The second-order valence-electron chi connectivity index (χ2n) is 3.16. The summed E-state index contributed by atoms with van der Waals surface area (Å²) in [5.74, 6) is -1.14. The lowest BCUT2D eigenvalue weighted by atomic mass is 10.2. The van der Waals surface area contributed by atoms with Gasteiger partial charge in [0.1, 0.15) is 0 Å². The molecule has 0 amide bonds. The molecule has 5 nitrogen and oxygen atoms in total. The van der Waals surface area contributed by atoms with E-state index >= 15 is 0 Å². The number of aromatic carboxylic acids is 1. The Kier molecular flexibility index (Phi) is 1.73. The van der Waals surface area contributed by atoms with Gasteiger partial charge in [0.2, 0.25) is 5.82 Å². The van der Waals surface area contributed by atoms with Gasteiger partial charge in [0.15, 0.2) is 5.65 Å². The number of carboxylic acids is 1. The van der Waals surface area contributed by atoms with Crippen LogP contribution in [0, 0.1) is 13.8 Å². The van der Waals surface area contributed by atoms with Crippen molar-refractivity contribution in [1.82, 2.24) is 15.0 Å². The van der Waals surface area contributed by atoms with Crippen LogP contribution >= 0.6 is 0 Å². The number of aryl methyl sites for hydroxylation is 2. The Bertz CT molecular complexity index is 516. The van der Waals surface area contributed by atoms with Crippen LogP contribution in [0.2, 0.25) is 0 Å². The Labute approximate surface area is 79.8 Å². The van der Waals surface area contributed by atoms with Gasteiger partial charge in [-0.05, 0) is 25.0 Å². The summed E-state index contributed by atoms with van der Waals surface area (Å²) < 4.78 is 0. The first-order chi connectivity index (χ1) is 6.59. The Hall–Kier alpha value is -1.91. The van der Waals surface area contributed by atoms with E-state index in [1.165, 1.54) is 0 Å². The zero-order chi connectivity index (χ0) is 10.3. The molecule has 0 fully saturated rings. The molecule has 72 valence electrons. The second kappa shape index (κ2) is 2.80. The van der Waals surface area contributed by atoms with Gasteiger partial charge in [0.05, 0.1) is 5.52 Å². The highest BCUT2D eigenvalue weighted by Crippen LogP contribution is 2.16. The second-order valence-corrected chi connectivity index (χ2v) is 3.16. The van der Waals surface area contributed by atoms with Gasteiger partial charge >= 0.3 is 5.97 Å². The van der Waals surface area contributed by atoms with E-state index in [-0.39, 0.29) is 5.82 Å². The fraction of sp³-hybridized carbons (Fsp3) is 0.222. The third-order valence-corrected chi connectivity index (χ3v) is 2.23. The molecule has 0 aliphatic carbocycles. The molecule has 0 saturated carbocycles. The lowest BCUT2D eigenvalue weighted by Crippen LogP contribution is -1.97. The fourth-order valence-corrected chi connectivity index (χ4v) is 1.27. The molecule has 2 heterocycles. The summed E-state index contributed by atoms with van der Waals surface area (Å²) in [5, 5.41) is 8.72. The molecule has 2 aromatic heterocycles. The number of hydrogen-bond acceptors (Lipinski definition) is 3. The maximum atomic E-state index is 10.6. The summed E-state index contributed by atoms with van der Waals surface area (Å²) in [6.45, 7) is 3.83. The first-order valence-electron chi connectivity index (χ1n) is 4.15. The van der Waals surface area contributed by atoms with Crippen molar-refractivity contribution >= 4 is 17.1 Å². The Morgan fingerprint density at radius 2 is 2.21 bits per heavy atom. The minimum Gasteiger partial charge on any atom is -0.475 e. The molecule has 0 saturated heterocycles. The topological polar surface area (TPSA) is 78.9 Å². The highest BCUT2D eigenvalue weighted by atomic mass is 16.4. The molecule has 2 rings (SSSR count). The molecule has 0 radical (unpaired) electrons. The minimum atomic E-state index is -1.07. The van der Waals surface area contributed by atoms with E-state index in [1.54, 1.807) is 6.20 Å². The van der Waals surface area contributed by atoms with Crippen molar-refractivity contribution in [3.63, 3.8) is 0 Å². The van der Waals surface area contributed by atoms with Crippen LogP contribution in [0.5, 0.6) is 0 Å². The van der Waals surface area contributed by atoms with E-state index in [1.807, 2.05) is 13.8 Å². The van der Waals surface area contributed by atoms with Gasteiger partial charge in [-0.1, -0.05) is 0 Å². The van der Waals surface area contributed by atoms with E-state index in [4.69, 9.17) is 5.11 Å². The van der Waals surface area contributed by atoms with Gasteiger partial charge < -0.3 is 10.1 Å². The van der Waals surface area contributed by atoms with Crippen molar-refractivity contribution in [2.45, 2.75) is 13.8 Å². The summed E-state index contributed by atoms with van der Waals surface area (Å²) in [6.07, 6.45) is 1.68. The first kappa shape index (κ1) is 8.68. The number of H-pyrrole nitrogens is 1. The molecule has 0 spiro atoms. The largest absolute Gasteiger partial charge is 0.475 e. The number of carbonyl (C=O) groups is 1. The number of fused-ring (bicyclic) bond motifs is 1. The number of aromatic amines is 1. The summed E-state index contributed by atoms with van der Waals surface area (Å²) in [4.78, 5) is 21.3. The van der Waals surface area contributed by atoms with Gasteiger partial charge in [-0.25, -0.2) is 14.8 Å². The highest BCUT2D eigenvalue weighted by molar-refractivity contribution is 5.88. The SMILES string of the molecule is Cc1cnc2nc(C(=O)O)[nH]c2c1C. The van der Waals surface area contributed by atoms with Crippen molar-refractivity contribution < 1.29 is 9.90 Å². The monoisotopic (exact) mass is 191 g/mol. The summed E-state index contributed by atoms with van der Waals surface area (Å²) in [5.41, 5.74) is 3.14. The standard InChI is InChI=1S/C9H9N3O2/c1-4-3-10-7-6(5(4)2)11-8(12-7)9(13)14/h3H,1-2H3,(H,13,14)(H,10,11,12). The van der Waals surface area contributed by atoms with Crippen LogP contribution in [0.3, 0.4) is 0 Å². The molecule has 0 atom stereocenters. The van der Waals surface area contributed by atoms with Crippen molar-refractivity contribution in [2.24, 2.45) is 0 Å². The number of nitrogens with zero attached hydrogens (tertiary/aromatic N) is 2. The quantitative estimate of drug-likeness (QED) is 0.711. The molecule has 0 aliphatic heterocycles. The third kappa shape index (κ3) is 1.14. The van der Waals surface area contributed by atoms with Gasteiger partial charge in [-0.2, -0.15) is 0 Å². The predicted molar refractivity (Wildman–Crippen MR) is 50.3 cm³/mol. The molecule has 0 aliphatic rings. The first-order valence-corrected chi connectivity index (χ1v) is 4.15. The maximum Gasteiger partial charge on any atom is 0.371 e. The molecule has 2 N–H and O–H groups in total. The minimum absolute atomic E-state index is 0.0683. The number of carboxylic acid groups (broad SMARTS) is 1. The van der Waals surface area contributed by atoms with Crippen LogP contribution in [0.1, 0.15) is 21.7 Å². The predicted octanol–water partition coefficient (Wildman–Crippen LogP) is 1.27. The normalized spacial score (nSPS) is 10.7. The van der Waals surface area contributed by atoms with Crippen LogP contribution in [0.4, 0.5) is 0 Å². The van der Waals surface area contributed by atoms with E-state index < -0.39 is 5.97 Å². The van der Waals surface area contributed by atoms with Gasteiger partial charge in [-0.15, -0.1) is 0 Å². The van der Waals surface area contributed by atoms with Gasteiger partial charge in [0.25, 0.3) is 0 Å². The van der Waals surface area contributed by atoms with Crippen LogP contribution in [-0.2, 0) is 0 Å². The summed E-state index contributed by atoms with van der Waals surface area (Å²) in [6, 6.07) is 0.